The first kappa shape index (κ1) is 20.8. The van der Waals surface area contributed by atoms with Crippen LogP contribution in [-0.2, 0) is 14.8 Å². The molecule has 0 aliphatic rings. The van der Waals surface area contributed by atoms with Gasteiger partial charge >= 0.3 is 5.97 Å². The lowest BCUT2D eigenvalue weighted by molar-refractivity contribution is 0.0526. The van der Waals surface area contributed by atoms with E-state index in [4.69, 9.17) is 9.47 Å². The summed E-state index contributed by atoms with van der Waals surface area (Å²) in [5.74, 6) is 0.325. The number of hydrogen-bond acceptors (Lipinski definition) is 5. The van der Waals surface area contributed by atoms with Crippen molar-refractivity contribution in [2.75, 3.05) is 18.4 Å². The molecule has 0 aliphatic carbocycles. The van der Waals surface area contributed by atoms with Crippen molar-refractivity contribution in [1.29, 1.82) is 0 Å². The van der Waals surface area contributed by atoms with Crippen molar-refractivity contribution in [2.24, 2.45) is 0 Å². The van der Waals surface area contributed by atoms with Gasteiger partial charge in [-0.3, -0.25) is 4.72 Å². The maximum atomic E-state index is 12.8. The Balaban J connectivity index is 2.34. The van der Waals surface area contributed by atoms with E-state index in [1.54, 1.807) is 45.2 Å². The highest BCUT2D eigenvalue weighted by atomic mass is 32.2. The molecule has 0 fully saturated rings. The molecule has 0 saturated carbocycles. The number of methoxy groups -OCH3 is 1. The van der Waals surface area contributed by atoms with Crippen molar-refractivity contribution in [3.8, 4) is 5.75 Å². The number of nitrogens with one attached hydrogen (secondary N) is 1. The van der Waals surface area contributed by atoms with Gasteiger partial charge in [0.05, 0.1) is 29.9 Å². The van der Waals surface area contributed by atoms with Gasteiger partial charge < -0.3 is 9.47 Å². The maximum absolute atomic E-state index is 12.8. The lowest BCUT2D eigenvalue weighted by Gasteiger charge is -2.15. The molecule has 6 nitrogen and oxygen atoms in total. The molecule has 0 aliphatic heterocycles. The minimum Gasteiger partial charge on any atom is -0.496 e. The summed E-state index contributed by atoms with van der Waals surface area (Å²) in [6.07, 6.45) is 0. The van der Waals surface area contributed by atoms with Gasteiger partial charge in [-0.05, 0) is 67.3 Å². The summed E-state index contributed by atoms with van der Waals surface area (Å²) in [5, 5.41) is 0. The molecule has 2 aromatic carbocycles. The molecule has 0 heterocycles. The number of sulfonamides is 1. The predicted octanol–water partition coefficient (Wildman–Crippen LogP) is 4.10. The summed E-state index contributed by atoms with van der Waals surface area (Å²) in [7, 11) is -2.22. The van der Waals surface area contributed by atoms with Crippen molar-refractivity contribution in [3.05, 3.63) is 53.1 Å². The molecule has 0 aromatic heterocycles. The average Bonchev–Trinajstić information content (AvgIpc) is 2.62. The third kappa shape index (κ3) is 4.80. The Kier molecular flexibility index (Phi) is 6.49. The molecule has 146 valence electrons. The van der Waals surface area contributed by atoms with E-state index in [1.165, 1.54) is 12.1 Å². The fraction of sp³-hybridized carbons (Fsp3) is 0.350. The van der Waals surface area contributed by atoms with E-state index in [0.29, 0.717) is 22.6 Å². The molecule has 2 aromatic rings. The first-order chi connectivity index (χ1) is 12.7. The van der Waals surface area contributed by atoms with Crippen LogP contribution in [0.15, 0.2) is 41.3 Å². The van der Waals surface area contributed by atoms with E-state index >= 15 is 0 Å². The molecule has 27 heavy (non-hydrogen) atoms. The highest BCUT2D eigenvalue weighted by molar-refractivity contribution is 7.92. The molecule has 0 bridgehead atoms. The Hall–Kier alpha value is -2.54. The van der Waals surface area contributed by atoms with Crippen molar-refractivity contribution in [2.45, 2.75) is 38.5 Å². The van der Waals surface area contributed by atoms with Gasteiger partial charge in [0, 0.05) is 0 Å². The van der Waals surface area contributed by atoms with Gasteiger partial charge in [-0.25, -0.2) is 13.2 Å². The van der Waals surface area contributed by atoms with Gasteiger partial charge in [-0.1, -0.05) is 13.8 Å². The van der Waals surface area contributed by atoms with Crippen molar-refractivity contribution >= 4 is 21.7 Å². The fourth-order valence-corrected chi connectivity index (χ4v) is 3.82. The van der Waals surface area contributed by atoms with Crippen LogP contribution >= 0.6 is 0 Å². The van der Waals surface area contributed by atoms with Gasteiger partial charge in [0.15, 0.2) is 0 Å². The van der Waals surface area contributed by atoms with Crippen LogP contribution < -0.4 is 9.46 Å². The van der Waals surface area contributed by atoms with E-state index in [-0.39, 0.29) is 17.4 Å². The van der Waals surface area contributed by atoms with Crippen LogP contribution in [0.1, 0.15) is 48.2 Å². The second-order valence-corrected chi connectivity index (χ2v) is 8.10. The zero-order chi connectivity index (χ0) is 20.2. The van der Waals surface area contributed by atoms with E-state index in [9.17, 15) is 13.2 Å². The summed E-state index contributed by atoms with van der Waals surface area (Å²) in [5.41, 5.74) is 2.23. The summed E-state index contributed by atoms with van der Waals surface area (Å²) >= 11 is 0. The third-order valence-electron chi connectivity index (χ3n) is 4.12. The zero-order valence-electron chi connectivity index (χ0n) is 16.2. The van der Waals surface area contributed by atoms with Gasteiger partial charge in [0.2, 0.25) is 0 Å². The second kappa shape index (κ2) is 8.43. The summed E-state index contributed by atoms with van der Waals surface area (Å²) in [6, 6.07) is 9.48. The molecular weight excluding hydrogens is 366 g/mol. The molecule has 0 unspecified atom stereocenters. The maximum Gasteiger partial charge on any atom is 0.338 e. The highest BCUT2D eigenvalue weighted by Crippen LogP contribution is 2.30. The molecule has 7 heteroatoms. The first-order valence-corrected chi connectivity index (χ1v) is 10.2. The Morgan fingerprint density at radius 1 is 1.15 bits per heavy atom. The molecule has 0 spiro atoms. The Morgan fingerprint density at radius 2 is 1.85 bits per heavy atom. The quantitative estimate of drug-likeness (QED) is 0.719. The molecule has 0 amide bonds. The molecule has 2 rings (SSSR count). The van der Waals surface area contributed by atoms with E-state index in [1.807, 2.05) is 13.8 Å². The Bertz CT molecular complexity index is 935. The van der Waals surface area contributed by atoms with Gasteiger partial charge in [0.1, 0.15) is 5.75 Å². The largest absolute Gasteiger partial charge is 0.496 e. The van der Waals surface area contributed by atoms with Crippen molar-refractivity contribution in [3.63, 3.8) is 0 Å². The summed E-state index contributed by atoms with van der Waals surface area (Å²) in [4.78, 5) is 12.0. The number of rotatable bonds is 7. The zero-order valence-corrected chi connectivity index (χ0v) is 17.0. The lowest BCUT2D eigenvalue weighted by atomic mass is 10.0. The van der Waals surface area contributed by atoms with E-state index in [0.717, 1.165) is 5.56 Å². The third-order valence-corrected chi connectivity index (χ3v) is 5.48. The summed E-state index contributed by atoms with van der Waals surface area (Å²) < 4.78 is 38.5. The van der Waals surface area contributed by atoms with Gasteiger partial charge in [-0.2, -0.15) is 0 Å². The average molecular weight is 391 g/mol. The number of carbonyl (C=O) groups is 1. The molecular formula is C20H25NO5S. The van der Waals surface area contributed by atoms with Crippen LogP contribution in [0.3, 0.4) is 0 Å². The second-order valence-electron chi connectivity index (χ2n) is 6.41. The standard InChI is InChI=1S/C20H25NO5S/c1-6-26-20(22)15-7-9-18(14(4)11-15)21-27(23,24)16-8-10-19(25-5)17(12-16)13(2)3/h7-13,21H,6H2,1-5H3. The SMILES string of the molecule is CCOC(=O)c1ccc(NS(=O)(=O)c2ccc(OC)c(C(C)C)c2)c(C)c1. The minimum absolute atomic E-state index is 0.112. The Morgan fingerprint density at radius 3 is 2.41 bits per heavy atom. The number of aryl methyl sites for hydroxylation is 1. The minimum atomic E-state index is -3.78. The van der Waals surface area contributed by atoms with Gasteiger partial charge in [-0.15, -0.1) is 0 Å². The first-order valence-electron chi connectivity index (χ1n) is 8.68. The normalized spacial score (nSPS) is 11.3. The van der Waals surface area contributed by atoms with Crippen LogP contribution in [0.2, 0.25) is 0 Å². The smallest absolute Gasteiger partial charge is 0.338 e. The Labute approximate surface area is 160 Å². The van der Waals surface area contributed by atoms with Crippen molar-refractivity contribution < 1.29 is 22.7 Å². The number of carbonyl (C=O) groups excluding carboxylic acids is 1. The number of ether oxygens (including phenoxy) is 2. The monoisotopic (exact) mass is 391 g/mol. The van der Waals surface area contributed by atoms with Crippen LogP contribution in [0, 0.1) is 6.92 Å². The highest BCUT2D eigenvalue weighted by Gasteiger charge is 2.19. The molecule has 0 radical (unpaired) electrons. The molecule has 0 saturated heterocycles. The van der Waals surface area contributed by atoms with E-state index in [2.05, 4.69) is 4.72 Å². The van der Waals surface area contributed by atoms with Crippen LogP contribution in [0.5, 0.6) is 5.75 Å². The van der Waals surface area contributed by atoms with Crippen LogP contribution in [0.25, 0.3) is 0 Å². The topological polar surface area (TPSA) is 81.7 Å². The van der Waals surface area contributed by atoms with Crippen LogP contribution in [-0.4, -0.2) is 28.1 Å². The number of hydrogen-bond donors (Lipinski definition) is 1. The van der Waals surface area contributed by atoms with Crippen LogP contribution in [0.4, 0.5) is 5.69 Å². The van der Waals surface area contributed by atoms with Crippen molar-refractivity contribution in [1.82, 2.24) is 0 Å². The fourth-order valence-electron chi connectivity index (χ4n) is 2.65. The predicted molar refractivity (Wildman–Crippen MR) is 105 cm³/mol. The van der Waals surface area contributed by atoms with E-state index < -0.39 is 16.0 Å². The number of anilines is 1. The van der Waals surface area contributed by atoms with Gasteiger partial charge in [0.25, 0.3) is 10.0 Å². The number of esters is 1. The lowest BCUT2D eigenvalue weighted by Crippen LogP contribution is -2.15. The summed E-state index contributed by atoms with van der Waals surface area (Å²) in [6.45, 7) is 7.68. The molecule has 1 N–H and O–H groups in total. The molecule has 0 atom stereocenters. The number of benzene rings is 2.